The first-order chi connectivity index (χ1) is 10.6. The highest BCUT2D eigenvalue weighted by molar-refractivity contribution is 7.92. The highest BCUT2D eigenvalue weighted by Gasteiger charge is 2.20. The van der Waals surface area contributed by atoms with Crippen LogP contribution < -0.4 is 9.62 Å². The summed E-state index contributed by atoms with van der Waals surface area (Å²) in [5.41, 5.74) is 1.73. The number of benzene rings is 1. The third kappa shape index (κ3) is 6.22. The fourth-order valence-corrected chi connectivity index (χ4v) is 3.10. The van der Waals surface area contributed by atoms with Crippen molar-refractivity contribution in [2.24, 2.45) is 0 Å². The normalized spacial score (nSPS) is 12.0. The largest absolute Gasteiger partial charge is 0.356 e. The number of hydrogen-bond donors (Lipinski definition) is 1. The molecule has 0 radical (unpaired) electrons. The lowest BCUT2D eigenvalue weighted by Gasteiger charge is -2.24. The number of nitrogens with one attached hydrogen (secondary N) is 1. The van der Waals surface area contributed by atoms with E-state index in [0.717, 1.165) is 18.2 Å². The van der Waals surface area contributed by atoms with Crippen LogP contribution in [0.5, 0.6) is 0 Å². The van der Waals surface area contributed by atoms with Crippen molar-refractivity contribution in [3.63, 3.8) is 0 Å². The number of amides is 1. The van der Waals surface area contributed by atoms with E-state index < -0.39 is 10.0 Å². The quantitative estimate of drug-likeness (QED) is 0.830. The van der Waals surface area contributed by atoms with Gasteiger partial charge in [0.25, 0.3) is 0 Å². The molecular weight excluding hydrogens is 312 g/mol. The zero-order valence-corrected chi connectivity index (χ0v) is 15.5. The van der Waals surface area contributed by atoms with E-state index >= 15 is 0 Å². The van der Waals surface area contributed by atoms with Gasteiger partial charge in [0.2, 0.25) is 15.9 Å². The number of carbonyl (C=O) groups excluding carboxylic acids is 1. The Labute approximate surface area is 140 Å². The highest BCUT2D eigenvalue weighted by Crippen LogP contribution is 2.26. The van der Waals surface area contributed by atoms with Crippen LogP contribution in [0.3, 0.4) is 0 Å². The van der Waals surface area contributed by atoms with Crippen LogP contribution in [0, 0.1) is 0 Å². The van der Waals surface area contributed by atoms with Gasteiger partial charge in [0, 0.05) is 19.5 Å². The van der Waals surface area contributed by atoms with E-state index in [1.807, 2.05) is 19.1 Å². The summed E-state index contributed by atoms with van der Waals surface area (Å²) >= 11 is 0. The Hall–Kier alpha value is -1.56. The van der Waals surface area contributed by atoms with E-state index in [1.165, 1.54) is 4.31 Å². The lowest BCUT2D eigenvalue weighted by atomic mass is 9.87. The van der Waals surface area contributed by atoms with Gasteiger partial charge in [-0.1, -0.05) is 39.8 Å². The van der Waals surface area contributed by atoms with Gasteiger partial charge in [-0.05, 0) is 29.5 Å². The molecule has 0 aliphatic heterocycles. The maximum absolute atomic E-state index is 12.0. The number of rotatable bonds is 7. The van der Waals surface area contributed by atoms with Crippen LogP contribution in [0.15, 0.2) is 24.3 Å². The van der Waals surface area contributed by atoms with E-state index in [-0.39, 0.29) is 24.3 Å². The number of nitrogens with zero attached hydrogens (tertiary/aromatic N) is 1. The summed E-state index contributed by atoms with van der Waals surface area (Å²) in [5, 5.41) is 2.76. The van der Waals surface area contributed by atoms with Gasteiger partial charge in [-0.25, -0.2) is 8.42 Å². The smallest absolute Gasteiger partial charge is 0.232 e. The molecule has 1 N–H and O–H groups in total. The predicted octanol–water partition coefficient (Wildman–Crippen LogP) is 2.67. The van der Waals surface area contributed by atoms with Crippen molar-refractivity contribution in [3.8, 4) is 0 Å². The Morgan fingerprint density at radius 3 is 2.17 bits per heavy atom. The van der Waals surface area contributed by atoms with Gasteiger partial charge >= 0.3 is 0 Å². The lowest BCUT2D eigenvalue weighted by Crippen LogP contribution is -2.34. The van der Waals surface area contributed by atoms with Crippen molar-refractivity contribution < 1.29 is 13.2 Å². The Kier molecular flexibility index (Phi) is 6.62. The second-order valence-corrected chi connectivity index (χ2v) is 8.64. The Morgan fingerprint density at radius 2 is 1.74 bits per heavy atom. The van der Waals surface area contributed by atoms with E-state index in [1.54, 1.807) is 12.1 Å². The maximum atomic E-state index is 12.0. The summed E-state index contributed by atoms with van der Waals surface area (Å²) in [6.07, 6.45) is 2.17. The zero-order valence-electron chi connectivity index (χ0n) is 14.7. The van der Waals surface area contributed by atoms with Crippen LogP contribution in [0.2, 0.25) is 0 Å². The Morgan fingerprint density at radius 1 is 1.17 bits per heavy atom. The van der Waals surface area contributed by atoms with Gasteiger partial charge in [0.05, 0.1) is 11.9 Å². The van der Waals surface area contributed by atoms with Gasteiger partial charge in [-0.3, -0.25) is 9.10 Å². The lowest BCUT2D eigenvalue weighted by molar-refractivity contribution is -0.120. The molecule has 0 bridgehead atoms. The summed E-state index contributed by atoms with van der Waals surface area (Å²) in [5.74, 6) is -0.133. The number of carbonyl (C=O) groups is 1. The minimum absolute atomic E-state index is 0.00842. The van der Waals surface area contributed by atoms with E-state index in [4.69, 9.17) is 0 Å². The van der Waals surface area contributed by atoms with E-state index in [0.29, 0.717) is 12.2 Å². The van der Waals surface area contributed by atoms with Crippen molar-refractivity contribution >= 4 is 21.6 Å². The third-order valence-corrected chi connectivity index (χ3v) is 4.73. The Bertz CT molecular complexity index is 616. The van der Waals surface area contributed by atoms with Crippen LogP contribution in [-0.2, 0) is 20.2 Å². The summed E-state index contributed by atoms with van der Waals surface area (Å²) in [7, 11) is -3.43. The average molecular weight is 340 g/mol. The molecule has 1 aromatic carbocycles. The second-order valence-electron chi connectivity index (χ2n) is 6.73. The van der Waals surface area contributed by atoms with Crippen molar-refractivity contribution in [1.29, 1.82) is 0 Å². The summed E-state index contributed by atoms with van der Waals surface area (Å²) in [4.78, 5) is 11.7. The van der Waals surface area contributed by atoms with Crippen molar-refractivity contribution in [2.75, 3.05) is 23.7 Å². The average Bonchev–Trinajstić information content (AvgIpc) is 2.43. The van der Waals surface area contributed by atoms with Crippen molar-refractivity contribution in [3.05, 3.63) is 29.8 Å². The maximum Gasteiger partial charge on any atom is 0.232 e. The molecule has 0 aromatic heterocycles. The SMILES string of the molecule is CCCNC(=O)CCN(c1ccc(C(C)(C)C)cc1)S(C)(=O)=O. The third-order valence-electron chi connectivity index (χ3n) is 3.54. The first-order valence-electron chi connectivity index (χ1n) is 7.90. The zero-order chi connectivity index (χ0) is 17.7. The van der Waals surface area contributed by atoms with E-state index in [9.17, 15) is 13.2 Å². The predicted molar refractivity (Wildman–Crippen MR) is 95.2 cm³/mol. The van der Waals surface area contributed by atoms with Crippen LogP contribution in [0.25, 0.3) is 0 Å². The molecule has 0 fully saturated rings. The van der Waals surface area contributed by atoms with Crippen molar-refractivity contribution in [2.45, 2.75) is 46.0 Å². The number of anilines is 1. The molecule has 0 saturated heterocycles. The van der Waals surface area contributed by atoms with Crippen molar-refractivity contribution in [1.82, 2.24) is 5.32 Å². The second kappa shape index (κ2) is 7.81. The first-order valence-corrected chi connectivity index (χ1v) is 9.75. The van der Waals surface area contributed by atoms with Gasteiger partial charge in [-0.15, -0.1) is 0 Å². The number of hydrogen-bond acceptors (Lipinski definition) is 3. The van der Waals surface area contributed by atoms with Crippen LogP contribution >= 0.6 is 0 Å². The Balaban J connectivity index is 2.89. The molecule has 0 aliphatic carbocycles. The molecule has 5 nitrogen and oxygen atoms in total. The molecule has 0 saturated carbocycles. The van der Waals surface area contributed by atoms with Crippen LogP contribution in [0.4, 0.5) is 5.69 Å². The molecule has 6 heteroatoms. The van der Waals surface area contributed by atoms with Crippen LogP contribution in [-0.4, -0.2) is 33.7 Å². The molecule has 1 rings (SSSR count). The van der Waals surface area contributed by atoms with Gasteiger partial charge in [0.1, 0.15) is 0 Å². The fraction of sp³-hybridized carbons (Fsp3) is 0.588. The molecule has 1 amide bonds. The van der Waals surface area contributed by atoms with Gasteiger partial charge in [0.15, 0.2) is 0 Å². The molecular formula is C17H28N2O3S. The molecule has 0 aliphatic rings. The topological polar surface area (TPSA) is 66.5 Å². The van der Waals surface area contributed by atoms with E-state index in [2.05, 4.69) is 26.1 Å². The molecule has 0 unspecified atom stereocenters. The minimum Gasteiger partial charge on any atom is -0.356 e. The molecule has 23 heavy (non-hydrogen) atoms. The molecule has 1 aromatic rings. The summed E-state index contributed by atoms with van der Waals surface area (Å²) < 4.78 is 25.4. The van der Waals surface area contributed by atoms with Gasteiger partial charge < -0.3 is 5.32 Å². The summed E-state index contributed by atoms with van der Waals surface area (Å²) in [6.45, 7) is 9.04. The molecule has 0 heterocycles. The first kappa shape index (κ1) is 19.5. The molecule has 0 atom stereocenters. The molecule has 130 valence electrons. The standard InChI is InChI=1S/C17H28N2O3S/c1-6-12-18-16(20)11-13-19(23(5,21)22)15-9-7-14(8-10-15)17(2,3)4/h7-10H,6,11-13H2,1-5H3,(H,18,20). The highest BCUT2D eigenvalue weighted by atomic mass is 32.2. The summed E-state index contributed by atoms with van der Waals surface area (Å²) in [6, 6.07) is 7.46. The van der Waals surface area contributed by atoms with Gasteiger partial charge in [-0.2, -0.15) is 0 Å². The molecule has 0 spiro atoms. The minimum atomic E-state index is -3.43. The number of sulfonamides is 1. The van der Waals surface area contributed by atoms with Crippen LogP contribution in [0.1, 0.15) is 46.1 Å². The monoisotopic (exact) mass is 340 g/mol. The fourth-order valence-electron chi connectivity index (χ4n) is 2.17.